The maximum absolute atomic E-state index is 15.4. The molecular weight excluding hydrogens is 483 g/mol. The number of piperidine rings is 1. The Balaban J connectivity index is 1.68. The van der Waals surface area contributed by atoms with Gasteiger partial charge in [0.1, 0.15) is 5.75 Å². The van der Waals surface area contributed by atoms with Crippen molar-refractivity contribution in [2.24, 2.45) is 0 Å². The van der Waals surface area contributed by atoms with Crippen LogP contribution in [0.2, 0.25) is 5.02 Å². The maximum atomic E-state index is 15.4. The van der Waals surface area contributed by atoms with Gasteiger partial charge in [0.15, 0.2) is 5.67 Å². The van der Waals surface area contributed by atoms with E-state index >= 15 is 4.39 Å². The quantitative estimate of drug-likeness (QED) is 0.493. The standard InChI is InChI=1S/C24H28ClFN2O3S2/c1-17(10-15-33(3)30)27-23(29)24(26)11-13-28(14-12-24)32-22-9-8-18(31-2)16-20(22)19-6-4-5-7-21(19)25/h4-10,15-17H,11-14H2,1-3H3,(H,27,29)/b15-10-. The van der Waals surface area contributed by atoms with Crippen molar-refractivity contribution < 1.29 is 18.1 Å². The molecule has 2 atom stereocenters. The van der Waals surface area contributed by atoms with Gasteiger partial charge in [0.05, 0.1) is 7.11 Å². The molecule has 2 aromatic carbocycles. The fourth-order valence-corrected chi connectivity index (χ4v) is 5.25. The second-order valence-corrected chi connectivity index (χ2v) is 10.7. The van der Waals surface area contributed by atoms with Gasteiger partial charge in [-0.1, -0.05) is 35.9 Å². The van der Waals surface area contributed by atoms with Crippen LogP contribution in [0.25, 0.3) is 11.1 Å². The number of carbonyl (C=O) groups excluding carboxylic acids is 1. The van der Waals surface area contributed by atoms with Crippen LogP contribution < -0.4 is 10.1 Å². The van der Waals surface area contributed by atoms with Crippen molar-refractivity contribution in [2.45, 2.75) is 36.4 Å². The number of carbonyl (C=O) groups is 1. The third-order valence-corrected chi connectivity index (χ3v) is 7.46. The summed E-state index contributed by atoms with van der Waals surface area (Å²) in [4.78, 5) is 13.5. The van der Waals surface area contributed by atoms with E-state index < -0.39 is 22.4 Å². The third kappa shape index (κ3) is 6.82. The summed E-state index contributed by atoms with van der Waals surface area (Å²) in [7, 11) is 0.507. The van der Waals surface area contributed by atoms with Crippen molar-refractivity contribution in [3.05, 3.63) is 59.0 Å². The minimum atomic E-state index is -1.92. The minimum Gasteiger partial charge on any atom is -0.497 e. The van der Waals surface area contributed by atoms with Crippen LogP contribution in [-0.4, -0.2) is 52.6 Å². The van der Waals surface area contributed by atoms with Gasteiger partial charge in [-0.25, -0.2) is 8.70 Å². The molecule has 3 rings (SSSR count). The number of halogens is 2. The molecule has 1 aliphatic rings. The van der Waals surface area contributed by atoms with Crippen molar-refractivity contribution in [3.8, 4) is 16.9 Å². The zero-order valence-electron chi connectivity index (χ0n) is 18.8. The van der Waals surface area contributed by atoms with Gasteiger partial charge in [0.2, 0.25) is 0 Å². The van der Waals surface area contributed by atoms with E-state index in [4.69, 9.17) is 16.3 Å². The lowest BCUT2D eigenvalue weighted by Gasteiger charge is -2.35. The molecule has 1 amide bonds. The highest BCUT2D eigenvalue weighted by atomic mass is 35.5. The molecule has 1 fully saturated rings. The molecule has 0 aromatic heterocycles. The van der Waals surface area contributed by atoms with Gasteiger partial charge >= 0.3 is 0 Å². The first-order chi connectivity index (χ1) is 15.7. The van der Waals surface area contributed by atoms with Gasteiger partial charge in [0.25, 0.3) is 5.91 Å². The normalized spacial score (nSPS) is 18.1. The van der Waals surface area contributed by atoms with Crippen molar-refractivity contribution in [3.63, 3.8) is 0 Å². The van der Waals surface area contributed by atoms with Gasteiger partial charge in [-0.3, -0.25) is 9.00 Å². The summed E-state index contributed by atoms with van der Waals surface area (Å²) in [5.41, 5.74) is -0.0868. The van der Waals surface area contributed by atoms with E-state index in [2.05, 4.69) is 9.62 Å². The van der Waals surface area contributed by atoms with E-state index in [0.29, 0.717) is 18.1 Å². The molecule has 178 valence electrons. The van der Waals surface area contributed by atoms with E-state index in [1.807, 2.05) is 42.5 Å². The zero-order valence-corrected chi connectivity index (χ0v) is 21.2. The van der Waals surface area contributed by atoms with Crippen LogP contribution in [0.1, 0.15) is 19.8 Å². The van der Waals surface area contributed by atoms with Crippen molar-refractivity contribution in [1.29, 1.82) is 0 Å². The van der Waals surface area contributed by atoms with E-state index in [1.54, 1.807) is 20.1 Å². The van der Waals surface area contributed by atoms with Crippen molar-refractivity contribution in [2.75, 3.05) is 26.5 Å². The van der Waals surface area contributed by atoms with Crippen LogP contribution in [0.15, 0.2) is 58.8 Å². The lowest BCUT2D eigenvalue weighted by atomic mass is 9.93. The van der Waals surface area contributed by atoms with Crippen molar-refractivity contribution >= 4 is 40.3 Å². The number of hydrogen-bond donors (Lipinski definition) is 1. The molecule has 5 nitrogen and oxygen atoms in total. The van der Waals surface area contributed by atoms with Crippen LogP contribution in [0, 0.1) is 0 Å². The Kier molecular flexibility index (Phi) is 8.98. The highest BCUT2D eigenvalue weighted by Crippen LogP contribution is 2.40. The van der Waals surface area contributed by atoms with Gasteiger partial charge in [-0.05, 0) is 43.1 Å². The molecule has 2 aromatic rings. The average molecular weight is 511 g/mol. The molecule has 9 heteroatoms. The smallest absolute Gasteiger partial charge is 0.258 e. The van der Waals surface area contributed by atoms with Crippen LogP contribution in [0.4, 0.5) is 4.39 Å². The highest BCUT2D eigenvalue weighted by Gasteiger charge is 2.42. The second kappa shape index (κ2) is 11.5. The SMILES string of the molecule is COc1ccc(SN2CCC(F)(C(=O)NC(C)/C=C\S(C)=O)CC2)c(-c2ccccc2Cl)c1. The lowest BCUT2D eigenvalue weighted by molar-refractivity contribution is -0.135. The first-order valence-electron chi connectivity index (χ1n) is 10.6. The monoisotopic (exact) mass is 510 g/mol. The summed E-state index contributed by atoms with van der Waals surface area (Å²) in [5.74, 6) is 0.106. The predicted octanol–water partition coefficient (Wildman–Crippen LogP) is 5.22. The Labute approximate surface area is 206 Å². The van der Waals surface area contributed by atoms with Crippen LogP contribution in [-0.2, 0) is 15.6 Å². The Morgan fingerprint density at radius 3 is 2.61 bits per heavy atom. The topological polar surface area (TPSA) is 58.6 Å². The van der Waals surface area contributed by atoms with E-state index in [9.17, 15) is 9.00 Å². The molecule has 0 saturated carbocycles. The average Bonchev–Trinajstić information content (AvgIpc) is 2.80. The lowest BCUT2D eigenvalue weighted by Crippen LogP contribution is -2.51. The summed E-state index contributed by atoms with van der Waals surface area (Å²) < 4.78 is 34.0. The number of hydrogen-bond acceptors (Lipinski definition) is 5. The summed E-state index contributed by atoms with van der Waals surface area (Å²) in [6.07, 6.45) is 3.34. The van der Waals surface area contributed by atoms with Crippen LogP contribution in [0.3, 0.4) is 0 Å². The third-order valence-electron chi connectivity index (χ3n) is 5.42. The number of alkyl halides is 1. The zero-order chi connectivity index (χ0) is 24.0. The molecule has 0 bridgehead atoms. The molecule has 1 heterocycles. The molecule has 1 N–H and O–H groups in total. The molecule has 0 spiro atoms. The molecule has 1 aliphatic heterocycles. The van der Waals surface area contributed by atoms with E-state index in [-0.39, 0.29) is 18.9 Å². The minimum absolute atomic E-state index is 0.0968. The Bertz CT molecular complexity index is 1040. The predicted molar refractivity (Wildman–Crippen MR) is 135 cm³/mol. The number of benzene rings is 2. The molecule has 2 unspecified atom stereocenters. The number of amides is 1. The number of nitrogens with zero attached hydrogens (tertiary/aromatic N) is 1. The molecule has 1 saturated heterocycles. The first-order valence-corrected chi connectivity index (χ1v) is 13.4. The van der Waals surface area contributed by atoms with E-state index in [1.165, 1.54) is 23.6 Å². The number of nitrogens with one attached hydrogen (secondary N) is 1. The Morgan fingerprint density at radius 2 is 1.97 bits per heavy atom. The Hall–Kier alpha value is -1.87. The summed E-state index contributed by atoms with van der Waals surface area (Å²) >= 11 is 7.97. The summed E-state index contributed by atoms with van der Waals surface area (Å²) in [6, 6.07) is 13.0. The largest absolute Gasteiger partial charge is 0.497 e. The van der Waals surface area contributed by atoms with E-state index in [0.717, 1.165) is 21.8 Å². The molecule has 33 heavy (non-hydrogen) atoms. The molecular formula is C24H28ClFN2O3S2. The fraction of sp³-hybridized carbons (Fsp3) is 0.375. The van der Waals surface area contributed by atoms with Gasteiger partial charge in [0, 0.05) is 75.5 Å². The van der Waals surface area contributed by atoms with Gasteiger partial charge in [-0.15, -0.1) is 0 Å². The maximum Gasteiger partial charge on any atom is 0.258 e. The number of ether oxygens (including phenoxy) is 1. The first kappa shape index (κ1) is 25.7. The molecule has 0 radical (unpaired) electrons. The van der Waals surface area contributed by atoms with Crippen LogP contribution in [0.5, 0.6) is 5.75 Å². The number of rotatable bonds is 8. The van der Waals surface area contributed by atoms with Crippen molar-refractivity contribution in [1.82, 2.24) is 9.62 Å². The number of methoxy groups -OCH3 is 1. The fourth-order valence-electron chi connectivity index (χ4n) is 3.52. The highest BCUT2D eigenvalue weighted by molar-refractivity contribution is 7.97. The van der Waals surface area contributed by atoms with Gasteiger partial charge < -0.3 is 10.1 Å². The van der Waals surface area contributed by atoms with Crippen LogP contribution >= 0.6 is 23.5 Å². The summed E-state index contributed by atoms with van der Waals surface area (Å²) in [5, 5.41) is 4.80. The molecule has 0 aliphatic carbocycles. The Morgan fingerprint density at radius 1 is 1.27 bits per heavy atom. The summed E-state index contributed by atoms with van der Waals surface area (Å²) in [6.45, 7) is 2.58. The van der Waals surface area contributed by atoms with Gasteiger partial charge in [-0.2, -0.15) is 0 Å². The second-order valence-electron chi connectivity index (χ2n) is 7.92.